The van der Waals surface area contributed by atoms with Crippen LogP contribution in [0, 0.1) is 0 Å². The third kappa shape index (κ3) is 6.09. The lowest BCUT2D eigenvalue weighted by Gasteiger charge is -2.07. The number of nitrogens with one attached hydrogen (secondary N) is 2. The molecule has 0 aliphatic carbocycles. The van der Waals surface area contributed by atoms with E-state index in [4.69, 9.17) is 4.74 Å². The SMILES string of the molecule is CNS/C(=C\NCC(=O)OCc1ccccc1)c1ccncn1. The highest BCUT2D eigenvalue weighted by molar-refractivity contribution is 8.06. The first-order valence-electron chi connectivity index (χ1n) is 7.02. The van der Waals surface area contributed by atoms with Gasteiger partial charge in [0.05, 0.1) is 10.6 Å². The summed E-state index contributed by atoms with van der Waals surface area (Å²) in [4.78, 5) is 20.6. The van der Waals surface area contributed by atoms with E-state index in [9.17, 15) is 4.79 Å². The Morgan fingerprint density at radius 1 is 1.30 bits per heavy atom. The molecule has 120 valence electrons. The maximum atomic E-state index is 11.7. The predicted octanol–water partition coefficient (Wildman–Crippen LogP) is 1.98. The Morgan fingerprint density at radius 3 is 2.83 bits per heavy atom. The molecule has 23 heavy (non-hydrogen) atoms. The zero-order chi connectivity index (χ0) is 16.3. The third-order valence-corrected chi connectivity index (χ3v) is 3.52. The highest BCUT2D eigenvalue weighted by atomic mass is 32.2. The van der Waals surface area contributed by atoms with Crippen molar-refractivity contribution in [2.75, 3.05) is 13.6 Å². The molecular weight excluding hydrogens is 312 g/mol. The van der Waals surface area contributed by atoms with Gasteiger partial charge in [0.15, 0.2) is 0 Å². The van der Waals surface area contributed by atoms with Gasteiger partial charge in [-0.3, -0.25) is 9.52 Å². The van der Waals surface area contributed by atoms with Crippen molar-refractivity contribution in [3.63, 3.8) is 0 Å². The number of hydrogen-bond acceptors (Lipinski definition) is 7. The van der Waals surface area contributed by atoms with Crippen molar-refractivity contribution >= 4 is 22.8 Å². The normalized spacial score (nSPS) is 11.1. The number of carbonyl (C=O) groups is 1. The summed E-state index contributed by atoms with van der Waals surface area (Å²) >= 11 is 1.40. The first-order valence-corrected chi connectivity index (χ1v) is 7.84. The van der Waals surface area contributed by atoms with E-state index in [1.165, 1.54) is 18.3 Å². The lowest BCUT2D eigenvalue weighted by molar-refractivity contribution is -0.143. The molecule has 2 N–H and O–H groups in total. The van der Waals surface area contributed by atoms with E-state index in [1.807, 2.05) is 37.4 Å². The predicted molar refractivity (Wildman–Crippen MR) is 90.9 cm³/mol. The van der Waals surface area contributed by atoms with Crippen molar-refractivity contribution in [3.8, 4) is 0 Å². The lowest BCUT2D eigenvalue weighted by atomic mass is 10.2. The smallest absolute Gasteiger partial charge is 0.325 e. The molecular formula is C16H18N4O2S. The van der Waals surface area contributed by atoms with Crippen LogP contribution in [0.15, 0.2) is 55.1 Å². The molecule has 0 aliphatic heterocycles. The average Bonchev–Trinajstić information content (AvgIpc) is 2.61. The van der Waals surface area contributed by atoms with Crippen molar-refractivity contribution in [1.29, 1.82) is 0 Å². The lowest BCUT2D eigenvalue weighted by Crippen LogP contribution is -2.20. The standard InChI is InChI=1S/C16H18N4O2S/c1-17-23-15(14-7-8-18-12-20-14)9-19-10-16(21)22-11-13-5-3-2-4-6-13/h2-9,12,17,19H,10-11H2,1H3/b15-9-. The number of aromatic nitrogens is 2. The molecule has 1 heterocycles. The van der Waals surface area contributed by atoms with Crippen molar-refractivity contribution in [2.24, 2.45) is 0 Å². The first-order chi connectivity index (χ1) is 11.3. The summed E-state index contributed by atoms with van der Waals surface area (Å²) < 4.78 is 8.18. The first kappa shape index (κ1) is 17.0. The molecule has 0 unspecified atom stereocenters. The van der Waals surface area contributed by atoms with Crippen LogP contribution in [0.2, 0.25) is 0 Å². The molecule has 0 amide bonds. The van der Waals surface area contributed by atoms with Gasteiger partial charge >= 0.3 is 5.97 Å². The second-order valence-electron chi connectivity index (χ2n) is 4.44. The number of nitrogens with zero attached hydrogens (tertiary/aromatic N) is 2. The summed E-state index contributed by atoms with van der Waals surface area (Å²) in [5, 5.41) is 2.95. The van der Waals surface area contributed by atoms with Crippen molar-refractivity contribution in [3.05, 3.63) is 66.4 Å². The average molecular weight is 330 g/mol. The van der Waals surface area contributed by atoms with Gasteiger partial charge in [0, 0.05) is 12.4 Å². The highest BCUT2D eigenvalue weighted by Crippen LogP contribution is 2.20. The van der Waals surface area contributed by atoms with Gasteiger partial charge in [0.1, 0.15) is 19.5 Å². The summed E-state index contributed by atoms with van der Waals surface area (Å²) in [6.07, 6.45) is 4.88. The number of rotatable bonds is 8. The summed E-state index contributed by atoms with van der Waals surface area (Å²) in [6.45, 7) is 0.362. The molecule has 7 heteroatoms. The number of benzene rings is 1. The maximum Gasteiger partial charge on any atom is 0.325 e. The zero-order valence-electron chi connectivity index (χ0n) is 12.7. The van der Waals surface area contributed by atoms with E-state index in [0.717, 1.165) is 16.2 Å². The van der Waals surface area contributed by atoms with Gasteiger partial charge in [-0.15, -0.1) is 0 Å². The Balaban J connectivity index is 1.82. The number of carbonyl (C=O) groups excluding carboxylic acids is 1. The van der Waals surface area contributed by atoms with E-state index in [-0.39, 0.29) is 19.1 Å². The fourth-order valence-corrected chi connectivity index (χ4v) is 2.31. The Kier molecular flexibility index (Phi) is 7.09. The van der Waals surface area contributed by atoms with Crippen molar-refractivity contribution < 1.29 is 9.53 Å². The topological polar surface area (TPSA) is 76.1 Å². The molecule has 0 fully saturated rings. The van der Waals surface area contributed by atoms with Crippen molar-refractivity contribution in [2.45, 2.75) is 6.61 Å². The van der Waals surface area contributed by atoms with Crippen LogP contribution in [0.4, 0.5) is 0 Å². The molecule has 6 nitrogen and oxygen atoms in total. The van der Waals surface area contributed by atoms with E-state index in [1.54, 1.807) is 18.5 Å². The second-order valence-corrected chi connectivity index (χ2v) is 5.49. The third-order valence-electron chi connectivity index (χ3n) is 2.77. The molecule has 0 saturated carbocycles. The summed E-state index contributed by atoms with van der Waals surface area (Å²) in [6, 6.07) is 11.4. The van der Waals surface area contributed by atoms with Gasteiger partial charge < -0.3 is 10.1 Å². The van der Waals surface area contributed by atoms with E-state index in [2.05, 4.69) is 20.0 Å². The van der Waals surface area contributed by atoms with E-state index < -0.39 is 0 Å². The van der Waals surface area contributed by atoms with Gasteiger partial charge in [-0.1, -0.05) is 30.3 Å². The van der Waals surface area contributed by atoms with Crippen LogP contribution in [0.3, 0.4) is 0 Å². The van der Waals surface area contributed by atoms with E-state index >= 15 is 0 Å². The summed E-state index contributed by atoms with van der Waals surface area (Å²) in [5.74, 6) is -0.318. The molecule has 0 atom stereocenters. The Hall–Kier alpha value is -2.38. The molecule has 0 aliphatic rings. The minimum atomic E-state index is -0.318. The van der Waals surface area contributed by atoms with Crippen LogP contribution in [-0.2, 0) is 16.1 Å². The van der Waals surface area contributed by atoms with Gasteiger partial charge in [-0.05, 0) is 30.6 Å². The van der Waals surface area contributed by atoms with Crippen LogP contribution in [0.1, 0.15) is 11.3 Å². The monoisotopic (exact) mass is 330 g/mol. The molecule has 2 aromatic rings. The summed E-state index contributed by atoms with van der Waals surface area (Å²) in [7, 11) is 1.81. The minimum absolute atomic E-state index is 0.0890. The Morgan fingerprint density at radius 2 is 2.13 bits per heavy atom. The Labute approximate surface area is 139 Å². The molecule has 0 saturated heterocycles. The van der Waals surface area contributed by atoms with Gasteiger partial charge in [-0.2, -0.15) is 0 Å². The van der Waals surface area contributed by atoms with E-state index in [0.29, 0.717) is 0 Å². The van der Waals surface area contributed by atoms with Crippen LogP contribution in [-0.4, -0.2) is 29.5 Å². The maximum absolute atomic E-state index is 11.7. The van der Waals surface area contributed by atoms with Gasteiger partial charge in [-0.25, -0.2) is 9.97 Å². The molecule has 2 rings (SSSR count). The highest BCUT2D eigenvalue weighted by Gasteiger charge is 2.05. The largest absolute Gasteiger partial charge is 0.460 e. The molecule has 0 bridgehead atoms. The number of ether oxygens (including phenoxy) is 1. The van der Waals surface area contributed by atoms with Gasteiger partial charge in [0.25, 0.3) is 0 Å². The molecule has 0 spiro atoms. The number of esters is 1. The number of hydrogen-bond donors (Lipinski definition) is 2. The van der Waals surface area contributed by atoms with Crippen LogP contribution in [0.5, 0.6) is 0 Å². The van der Waals surface area contributed by atoms with Crippen LogP contribution in [0.25, 0.3) is 4.91 Å². The van der Waals surface area contributed by atoms with Crippen molar-refractivity contribution in [1.82, 2.24) is 20.0 Å². The molecule has 1 aromatic heterocycles. The molecule has 1 aromatic carbocycles. The summed E-state index contributed by atoms with van der Waals surface area (Å²) in [5.41, 5.74) is 1.73. The Bertz CT molecular complexity index is 635. The second kappa shape index (κ2) is 9.60. The molecule has 0 radical (unpaired) electrons. The van der Waals surface area contributed by atoms with Gasteiger partial charge in [0.2, 0.25) is 0 Å². The van der Waals surface area contributed by atoms with Crippen LogP contribution < -0.4 is 10.0 Å². The fraction of sp³-hybridized carbons (Fsp3) is 0.188. The van der Waals surface area contributed by atoms with Crippen LogP contribution >= 0.6 is 11.9 Å². The zero-order valence-corrected chi connectivity index (χ0v) is 13.5. The fourth-order valence-electron chi connectivity index (χ4n) is 1.72. The minimum Gasteiger partial charge on any atom is -0.460 e. The quantitative estimate of drug-likeness (QED) is 0.566.